The third-order valence-electron chi connectivity index (χ3n) is 7.33. The second-order valence-corrected chi connectivity index (χ2v) is 15.7. The molecule has 0 aliphatic rings. The lowest BCUT2D eigenvalue weighted by Gasteiger charge is -2.16. The summed E-state index contributed by atoms with van der Waals surface area (Å²) in [4.78, 5) is 0. The van der Waals surface area contributed by atoms with Crippen LogP contribution in [0.1, 0.15) is 0 Å². The van der Waals surface area contributed by atoms with Gasteiger partial charge in [0.05, 0.1) is 19.1 Å². The van der Waals surface area contributed by atoms with Gasteiger partial charge in [-0.15, -0.1) is 0 Å². The van der Waals surface area contributed by atoms with Gasteiger partial charge in [0.15, 0.2) is 0 Å². The Morgan fingerprint density at radius 3 is 2.03 bits per heavy atom. The van der Waals surface area contributed by atoms with Gasteiger partial charge in [-0.1, -0.05) is 105 Å². The minimum atomic E-state index is -1.55. The van der Waals surface area contributed by atoms with Gasteiger partial charge in [0.1, 0.15) is 11.2 Å². The average molecular weight is 482 g/mol. The summed E-state index contributed by atoms with van der Waals surface area (Å²) in [5.74, 6) is 0. The van der Waals surface area contributed by atoms with Crippen molar-refractivity contribution in [3.05, 3.63) is 109 Å². The number of benzene rings is 5. The minimum Gasteiger partial charge on any atom is -0.456 e. The third-order valence-corrected chi connectivity index (χ3v) is 9.34. The van der Waals surface area contributed by atoms with E-state index in [9.17, 15) is 0 Å². The van der Waals surface area contributed by atoms with Gasteiger partial charge >= 0.3 is 0 Å². The van der Waals surface area contributed by atoms with E-state index in [1.807, 2.05) is 0 Å². The van der Waals surface area contributed by atoms with Crippen LogP contribution >= 0.6 is 0 Å². The third kappa shape index (κ3) is 3.09. The molecule has 0 fully saturated rings. The molecule has 2 aromatic heterocycles. The molecule has 174 valence electrons. The molecule has 0 spiro atoms. The SMILES string of the molecule is C[Si](C)(C)c1cccc2c1oc1c(-c3ccc4c5ccccc5n(-c5ccccc5)c4c3)cccc12. The van der Waals surface area contributed by atoms with Gasteiger partial charge in [-0.25, -0.2) is 0 Å². The fraction of sp³-hybridized carbons (Fsp3) is 0.0909. The molecule has 0 N–H and O–H groups in total. The Bertz CT molecular complexity index is 1920. The molecule has 0 saturated heterocycles. The van der Waals surface area contributed by atoms with E-state index in [4.69, 9.17) is 4.42 Å². The number of nitrogens with zero attached hydrogens (tertiary/aromatic N) is 1. The number of fused-ring (bicyclic) bond motifs is 6. The zero-order chi connectivity index (χ0) is 24.4. The van der Waals surface area contributed by atoms with E-state index < -0.39 is 8.07 Å². The highest BCUT2D eigenvalue weighted by Crippen LogP contribution is 2.39. The lowest BCUT2D eigenvalue weighted by atomic mass is 10.0. The van der Waals surface area contributed by atoms with Crippen molar-refractivity contribution in [2.75, 3.05) is 0 Å². The lowest BCUT2D eigenvalue weighted by Crippen LogP contribution is -2.37. The van der Waals surface area contributed by atoms with Gasteiger partial charge in [0.25, 0.3) is 0 Å². The number of hydrogen-bond donors (Lipinski definition) is 0. The Hall–Kier alpha value is -4.08. The molecule has 7 rings (SSSR count). The average Bonchev–Trinajstić information content (AvgIpc) is 3.44. The molecule has 3 heteroatoms. The molecule has 0 saturated carbocycles. The lowest BCUT2D eigenvalue weighted by molar-refractivity contribution is 0.672. The fourth-order valence-corrected chi connectivity index (χ4v) is 7.09. The number of aromatic nitrogens is 1. The molecule has 36 heavy (non-hydrogen) atoms. The highest BCUT2D eigenvalue weighted by atomic mass is 28.3. The van der Waals surface area contributed by atoms with E-state index in [0.29, 0.717) is 0 Å². The van der Waals surface area contributed by atoms with E-state index in [1.165, 1.54) is 49.0 Å². The normalized spacial score (nSPS) is 12.3. The minimum absolute atomic E-state index is 0.972. The summed E-state index contributed by atoms with van der Waals surface area (Å²) in [6.45, 7) is 7.14. The highest BCUT2D eigenvalue weighted by molar-refractivity contribution is 6.90. The summed E-state index contributed by atoms with van der Waals surface area (Å²) >= 11 is 0. The van der Waals surface area contributed by atoms with E-state index in [1.54, 1.807) is 0 Å². The molecule has 0 unspecified atom stereocenters. The maximum atomic E-state index is 6.71. The first-order valence-corrected chi connectivity index (χ1v) is 16.0. The summed E-state index contributed by atoms with van der Waals surface area (Å²) in [5, 5.41) is 6.31. The second-order valence-electron chi connectivity index (χ2n) is 10.6. The molecular formula is C33H27NOSi. The Kier molecular flexibility index (Phi) is 4.54. The standard InChI is InChI=1S/C33H27NOSi/c1-36(2,3)31-18-10-16-28-27-15-9-14-24(32(27)35-33(28)31)22-19-20-26-25-13-7-8-17-29(25)34(30(26)21-22)23-11-5-4-6-12-23/h4-21H,1-3H3. The topological polar surface area (TPSA) is 18.1 Å². The van der Waals surface area contributed by atoms with Crippen molar-refractivity contribution in [2.24, 2.45) is 0 Å². The molecule has 5 aromatic carbocycles. The van der Waals surface area contributed by atoms with Crippen LogP contribution in [0, 0.1) is 0 Å². The van der Waals surface area contributed by atoms with Crippen molar-refractivity contribution >= 4 is 57.0 Å². The van der Waals surface area contributed by atoms with Crippen LogP contribution in [0.2, 0.25) is 19.6 Å². The van der Waals surface area contributed by atoms with Crippen LogP contribution in [0.3, 0.4) is 0 Å². The van der Waals surface area contributed by atoms with Gasteiger partial charge in [0, 0.05) is 32.8 Å². The van der Waals surface area contributed by atoms with Crippen molar-refractivity contribution in [1.29, 1.82) is 0 Å². The van der Waals surface area contributed by atoms with E-state index in [-0.39, 0.29) is 0 Å². The Balaban J connectivity index is 1.53. The molecule has 0 amide bonds. The second kappa shape index (κ2) is 7.71. The Labute approximate surface area is 211 Å². The van der Waals surface area contributed by atoms with E-state index >= 15 is 0 Å². The van der Waals surface area contributed by atoms with Crippen LogP contribution in [0.5, 0.6) is 0 Å². The fourth-order valence-electron chi connectivity index (χ4n) is 5.63. The van der Waals surface area contributed by atoms with E-state index in [2.05, 4.69) is 133 Å². The molecule has 0 bridgehead atoms. The van der Waals surface area contributed by atoms with Gasteiger partial charge in [0.2, 0.25) is 0 Å². The van der Waals surface area contributed by atoms with Crippen molar-refractivity contribution in [1.82, 2.24) is 4.57 Å². The molecule has 2 heterocycles. The Morgan fingerprint density at radius 1 is 0.556 bits per heavy atom. The molecule has 0 aliphatic carbocycles. The van der Waals surface area contributed by atoms with Crippen LogP contribution in [-0.4, -0.2) is 12.6 Å². The maximum absolute atomic E-state index is 6.71. The van der Waals surface area contributed by atoms with Crippen LogP contribution in [0.4, 0.5) is 0 Å². The number of rotatable bonds is 3. The summed E-state index contributed by atoms with van der Waals surface area (Å²) < 4.78 is 9.08. The van der Waals surface area contributed by atoms with Crippen LogP contribution in [0.15, 0.2) is 114 Å². The predicted molar refractivity (Wildman–Crippen MR) is 156 cm³/mol. The first kappa shape index (κ1) is 21.2. The number of furan rings is 1. The smallest absolute Gasteiger partial charge is 0.143 e. The van der Waals surface area contributed by atoms with Gasteiger partial charge < -0.3 is 8.98 Å². The molecular weight excluding hydrogens is 454 g/mol. The number of hydrogen-bond acceptors (Lipinski definition) is 1. The van der Waals surface area contributed by atoms with Gasteiger partial charge in [-0.05, 0) is 35.0 Å². The zero-order valence-electron chi connectivity index (χ0n) is 20.7. The van der Waals surface area contributed by atoms with Gasteiger partial charge in [-0.3, -0.25) is 0 Å². The van der Waals surface area contributed by atoms with Crippen LogP contribution in [0.25, 0.3) is 60.6 Å². The van der Waals surface area contributed by atoms with Crippen molar-refractivity contribution in [2.45, 2.75) is 19.6 Å². The predicted octanol–water partition coefficient (Wildman–Crippen LogP) is 8.90. The molecule has 0 aliphatic heterocycles. The molecule has 2 nitrogen and oxygen atoms in total. The summed E-state index contributed by atoms with van der Waals surface area (Å²) in [5.41, 5.74) is 7.92. The largest absolute Gasteiger partial charge is 0.456 e. The van der Waals surface area contributed by atoms with Gasteiger partial charge in [-0.2, -0.15) is 0 Å². The van der Waals surface area contributed by atoms with Crippen LogP contribution in [-0.2, 0) is 0 Å². The van der Waals surface area contributed by atoms with Crippen molar-refractivity contribution in [3.63, 3.8) is 0 Å². The molecule has 7 aromatic rings. The molecule has 0 atom stereocenters. The summed E-state index contributed by atoms with van der Waals surface area (Å²) in [6, 6.07) is 39.3. The summed E-state index contributed by atoms with van der Waals surface area (Å²) in [6.07, 6.45) is 0. The quantitative estimate of drug-likeness (QED) is 0.230. The first-order chi connectivity index (χ1) is 17.5. The monoisotopic (exact) mass is 481 g/mol. The highest BCUT2D eigenvalue weighted by Gasteiger charge is 2.23. The first-order valence-electron chi connectivity index (χ1n) is 12.5. The zero-order valence-corrected chi connectivity index (χ0v) is 21.7. The summed E-state index contributed by atoms with van der Waals surface area (Å²) in [7, 11) is -1.55. The molecule has 0 radical (unpaired) electrons. The van der Waals surface area contributed by atoms with Crippen molar-refractivity contribution < 1.29 is 4.42 Å². The van der Waals surface area contributed by atoms with E-state index in [0.717, 1.165) is 16.7 Å². The Morgan fingerprint density at radius 2 is 1.22 bits per heavy atom. The van der Waals surface area contributed by atoms with Crippen molar-refractivity contribution in [3.8, 4) is 16.8 Å². The number of para-hydroxylation sites is 4. The maximum Gasteiger partial charge on any atom is 0.143 e. The van der Waals surface area contributed by atoms with Crippen LogP contribution < -0.4 is 5.19 Å².